The molecule has 5 heteroatoms. The van der Waals surface area contributed by atoms with Gasteiger partial charge in [-0.05, 0) is 36.8 Å². The molecule has 2 aromatic carbocycles. The van der Waals surface area contributed by atoms with Gasteiger partial charge in [-0.3, -0.25) is 9.89 Å². The molecular formula is C16H15BrFN3. The Hall–Kier alpha value is -1.88. The molecule has 0 saturated carbocycles. The van der Waals surface area contributed by atoms with Crippen molar-refractivity contribution < 1.29 is 4.39 Å². The van der Waals surface area contributed by atoms with E-state index in [0.717, 1.165) is 10.0 Å². The summed E-state index contributed by atoms with van der Waals surface area (Å²) < 4.78 is 15.2. The molecule has 21 heavy (non-hydrogen) atoms. The summed E-state index contributed by atoms with van der Waals surface area (Å²) in [7, 11) is 0. The van der Waals surface area contributed by atoms with E-state index < -0.39 is 5.54 Å². The zero-order chi connectivity index (χ0) is 15.0. The molecule has 3 rings (SSSR count). The molecule has 2 aromatic rings. The van der Waals surface area contributed by atoms with E-state index >= 15 is 0 Å². The molecule has 1 atom stereocenters. The average Bonchev–Trinajstić information content (AvgIpc) is 2.77. The van der Waals surface area contributed by atoms with Gasteiger partial charge >= 0.3 is 0 Å². The first kappa shape index (κ1) is 14.1. The van der Waals surface area contributed by atoms with Crippen LogP contribution < -0.4 is 10.6 Å². The Bertz CT molecular complexity index is 699. The number of nitrogens with zero attached hydrogens (tertiary/aromatic N) is 2. The molecule has 1 aliphatic heterocycles. The van der Waals surface area contributed by atoms with Gasteiger partial charge in [0.2, 0.25) is 0 Å². The van der Waals surface area contributed by atoms with Crippen molar-refractivity contribution in [3.8, 4) is 0 Å². The smallest absolute Gasteiger partial charge is 0.196 e. The molecule has 0 aliphatic carbocycles. The Labute approximate surface area is 131 Å². The van der Waals surface area contributed by atoms with Crippen molar-refractivity contribution in [1.29, 1.82) is 0 Å². The minimum atomic E-state index is -0.493. The van der Waals surface area contributed by atoms with Gasteiger partial charge in [-0.2, -0.15) is 0 Å². The fourth-order valence-electron chi connectivity index (χ4n) is 2.68. The lowest BCUT2D eigenvalue weighted by atomic mass is 9.90. The monoisotopic (exact) mass is 347 g/mol. The number of hydrogen-bond acceptors (Lipinski definition) is 3. The Balaban J connectivity index is 2.10. The maximum Gasteiger partial charge on any atom is 0.196 e. The van der Waals surface area contributed by atoms with Gasteiger partial charge in [0.1, 0.15) is 5.82 Å². The minimum Gasteiger partial charge on any atom is -0.369 e. The molecule has 3 nitrogen and oxygen atoms in total. The van der Waals surface area contributed by atoms with Crippen LogP contribution in [0.2, 0.25) is 0 Å². The number of anilines is 1. The van der Waals surface area contributed by atoms with Gasteiger partial charge in [-0.15, -0.1) is 0 Å². The van der Waals surface area contributed by atoms with Crippen molar-refractivity contribution in [3.63, 3.8) is 0 Å². The number of para-hydroxylation sites is 1. The summed E-state index contributed by atoms with van der Waals surface area (Å²) >= 11 is 3.43. The van der Waals surface area contributed by atoms with Gasteiger partial charge in [-0.25, -0.2) is 4.39 Å². The molecule has 0 bridgehead atoms. The van der Waals surface area contributed by atoms with Gasteiger partial charge in [0.15, 0.2) is 5.96 Å². The summed E-state index contributed by atoms with van der Waals surface area (Å²) in [5, 5.41) is 0. The normalized spacial score (nSPS) is 21.5. The second kappa shape index (κ2) is 5.15. The topological polar surface area (TPSA) is 41.6 Å². The van der Waals surface area contributed by atoms with Gasteiger partial charge in [0.25, 0.3) is 0 Å². The molecule has 1 heterocycles. The highest BCUT2D eigenvalue weighted by Gasteiger charge is 2.41. The maximum absolute atomic E-state index is 14.2. The van der Waals surface area contributed by atoms with Crippen molar-refractivity contribution in [2.24, 2.45) is 10.7 Å². The van der Waals surface area contributed by atoms with Gasteiger partial charge in [0, 0.05) is 4.47 Å². The van der Waals surface area contributed by atoms with Gasteiger partial charge in [0.05, 0.1) is 17.8 Å². The average molecular weight is 348 g/mol. The first-order valence-electron chi connectivity index (χ1n) is 6.63. The number of benzene rings is 2. The Morgan fingerprint density at radius 2 is 1.86 bits per heavy atom. The molecule has 0 aromatic heterocycles. The lowest BCUT2D eigenvalue weighted by molar-refractivity contribution is 0.520. The van der Waals surface area contributed by atoms with Crippen LogP contribution in [0.1, 0.15) is 12.5 Å². The molecule has 1 unspecified atom stereocenters. The molecular weight excluding hydrogens is 333 g/mol. The highest BCUT2D eigenvalue weighted by Crippen LogP contribution is 2.38. The molecule has 2 N–H and O–H groups in total. The molecule has 0 saturated heterocycles. The molecule has 1 aliphatic rings. The zero-order valence-corrected chi connectivity index (χ0v) is 13.1. The predicted molar refractivity (Wildman–Crippen MR) is 86.9 cm³/mol. The van der Waals surface area contributed by atoms with Crippen LogP contribution in [0.3, 0.4) is 0 Å². The lowest BCUT2D eigenvalue weighted by Crippen LogP contribution is -2.48. The van der Waals surface area contributed by atoms with E-state index in [0.29, 0.717) is 18.2 Å². The zero-order valence-electron chi connectivity index (χ0n) is 11.6. The second-order valence-electron chi connectivity index (χ2n) is 5.24. The third-order valence-corrected chi connectivity index (χ3v) is 4.36. The number of rotatable bonds is 2. The summed E-state index contributed by atoms with van der Waals surface area (Å²) in [6.07, 6.45) is 0. The fraction of sp³-hybridized carbons (Fsp3) is 0.188. The third-order valence-electron chi connectivity index (χ3n) is 3.83. The number of aliphatic imine (C=N–C) groups is 1. The standard InChI is InChI=1S/C16H15BrFN3/c1-16(11-6-8-12(17)9-7-11)10-20-15(19)21(16)14-5-3-2-4-13(14)18/h2-9H,10H2,1H3,(H2,19,20). The van der Waals surface area contributed by atoms with E-state index in [2.05, 4.69) is 20.9 Å². The van der Waals surface area contributed by atoms with Crippen molar-refractivity contribution in [3.05, 3.63) is 64.4 Å². The fourth-order valence-corrected chi connectivity index (χ4v) is 2.95. The minimum absolute atomic E-state index is 0.305. The van der Waals surface area contributed by atoms with Crippen molar-refractivity contribution in [2.45, 2.75) is 12.5 Å². The van der Waals surface area contributed by atoms with Crippen LogP contribution in [0.25, 0.3) is 0 Å². The summed E-state index contributed by atoms with van der Waals surface area (Å²) in [5.41, 5.74) is 7.02. The number of halogens is 2. The van der Waals surface area contributed by atoms with Crippen LogP contribution in [0.5, 0.6) is 0 Å². The van der Waals surface area contributed by atoms with E-state index in [1.165, 1.54) is 6.07 Å². The maximum atomic E-state index is 14.2. The van der Waals surface area contributed by atoms with E-state index in [1.54, 1.807) is 23.1 Å². The highest BCUT2D eigenvalue weighted by molar-refractivity contribution is 9.10. The summed E-state index contributed by atoms with van der Waals surface area (Å²) in [6, 6.07) is 14.6. The summed E-state index contributed by atoms with van der Waals surface area (Å²) in [6.45, 7) is 2.51. The highest BCUT2D eigenvalue weighted by atomic mass is 79.9. The van der Waals surface area contributed by atoms with Crippen LogP contribution in [0.15, 0.2) is 58.0 Å². The molecule has 0 fully saturated rings. The molecule has 108 valence electrons. The van der Waals surface area contributed by atoms with Crippen LogP contribution in [0, 0.1) is 5.82 Å². The predicted octanol–water partition coefficient (Wildman–Crippen LogP) is 3.64. The number of guanidine groups is 1. The first-order valence-corrected chi connectivity index (χ1v) is 7.42. The van der Waals surface area contributed by atoms with E-state index in [1.807, 2.05) is 31.2 Å². The van der Waals surface area contributed by atoms with Crippen molar-refractivity contribution in [2.75, 3.05) is 11.4 Å². The summed E-state index contributed by atoms with van der Waals surface area (Å²) in [5.74, 6) is 0.0337. The number of hydrogen-bond donors (Lipinski definition) is 1. The van der Waals surface area contributed by atoms with Crippen LogP contribution in [-0.4, -0.2) is 12.5 Å². The van der Waals surface area contributed by atoms with Crippen LogP contribution in [-0.2, 0) is 5.54 Å². The van der Waals surface area contributed by atoms with Crippen LogP contribution in [0.4, 0.5) is 10.1 Å². The SMILES string of the molecule is CC1(c2ccc(Br)cc2)CN=C(N)N1c1ccccc1F. The first-order chi connectivity index (χ1) is 10.0. The number of nitrogens with two attached hydrogens (primary N) is 1. The van der Waals surface area contributed by atoms with Crippen molar-refractivity contribution in [1.82, 2.24) is 0 Å². The molecule has 0 spiro atoms. The largest absolute Gasteiger partial charge is 0.369 e. The lowest BCUT2D eigenvalue weighted by Gasteiger charge is -2.36. The molecule has 0 amide bonds. The molecule has 0 radical (unpaired) electrons. The van der Waals surface area contributed by atoms with Crippen molar-refractivity contribution >= 4 is 27.6 Å². The Kier molecular flexibility index (Phi) is 3.45. The van der Waals surface area contributed by atoms with Gasteiger partial charge in [-0.1, -0.05) is 40.2 Å². The summed E-state index contributed by atoms with van der Waals surface area (Å²) in [4.78, 5) is 6.10. The Morgan fingerprint density at radius 1 is 1.19 bits per heavy atom. The van der Waals surface area contributed by atoms with E-state index in [9.17, 15) is 4.39 Å². The van der Waals surface area contributed by atoms with E-state index in [4.69, 9.17) is 5.73 Å². The third kappa shape index (κ3) is 2.31. The van der Waals surface area contributed by atoms with E-state index in [-0.39, 0.29) is 5.82 Å². The second-order valence-corrected chi connectivity index (χ2v) is 6.16. The Morgan fingerprint density at radius 3 is 2.52 bits per heavy atom. The van der Waals surface area contributed by atoms with Crippen LogP contribution >= 0.6 is 15.9 Å². The quantitative estimate of drug-likeness (QED) is 0.900. The van der Waals surface area contributed by atoms with Gasteiger partial charge < -0.3 is 5.73 Å².